The number of methoxy groups -OCH3 is 1. The Morgan fingerprint density at radius 3 is 2.59 bits per heavy atom. The first-order valence-electron chi connectivity index (χ1n) is 9.24. The molecule has 0 saturated carbocycles. The first-order chi connectivity index (χ1) is 13.2. The minimum absolute atomic E-state index is 0.0248. The van der Waals surface area contributed by atoms with Crippen molar-refractivity contribution in [3.8, 4) is 0 Å². The number of benzene rings is 1. The average Bonchev–Trinajstić information content (AvgIpc) is 2.70. The predicted octanol–water partition coefficient (Wildman–Crippen LogP) is 1.32. The number of nitrogens with zero attached hydrogens (tertiary/aromatic N) is 4. The molecule has 0 spiro atoms. The Morgan fingerprint density at radius 2 is 1.89 bits per heavy atom. The number of fused-ring (bicyclic) bond motifs is 1. The summed E-state index contributed by atoms with van der Waals surface area (Å²) in [6.45, 7) is 4.24. The number of ether oxygens (including phenoxy) is 1. The smallest absolute Gasteiger partial charge is 0.230 e. The van der Waals surface area contributed by atoms with Crippen molar-refractivity contribution in [2.75, 3.05) is 45.2 Å². The van der Waals surface area contributed by atoms with E-state index < -0.39 is 6.35 Å². The number of aromatic amines is 1. The molecule has 1 unspecified atom stereocenters. The molecular formula is C20H25N5O2. The number of anilines is 1. The van der Waals surface area contributed by atoms with E-state index in [0.717, 1.165) is 43.3 Å². The van der Waals surface area contributed by atoms with Gasteiger partial charge in [0.05, 0.1) is 0 Å². The van der Waals surface area contributed by atoms with Crippen molar-refractivity contribution < 1.29 is 4.74 Å². The van der Waals surface area contributed by atoms with Gasteiger partial charge in [-0.3, -0.25) is 4.79 Å². The van der Waals surface area contributed by atoms with Crippen molar-refractivity contribution in [3.05, 3.63) is 64.1 Å². The van der Waals surface area contributed by atoms with Crippen LogP contribution >= 0.6 is 0 Å². The Morgan fingerprint density at radius 1 is 1.15 bits per heavy atom. The zero-order chi connectivity index (χ0) is 18.8. The average molecular weight is 367 g/mol. The summed E-state index contributed by atoms with van der Waals surface area (Å²) >= 11 is 0. The molecular weight excluding hydrogens is 342 g/mol. The minimum Gasteiger partial charge on any atom is -0.357 e. The number of hydrogen-bond donors (Lipinski definition) is 1. The molecule has 3 heterocycles. The SMILES string of the molecule is COC1N=C(N2CCN(C)CC2)c2[nH]ccc(=O)c2N1Cc1ccccc1. The molecule has 7 heteroatoms. The third-order valence-electron chi connectivity index (χ3n) is 5.15. The minimum atomic E-state index is -0.532. The molecule has 142 valence electrons. The number of likely N-dealkylation sites (N-methyl/N-ethyl adjacent to an activating group) is 1. The standard InChI is InChI=1S/C20H25N5O2/c1-23-10-12-24(13-11-23)19-17-18(16(26)8-9-21-17)25(20(22-19)27-2)14-15-6-4-3-5-7-15/h3-9,20H,10-14H2,1-2H3,(H,21,26). The molecule has 1 fully saturated rings. The van der Waals surface area contributed by atoms with Crippen LogP contribution in [0.15, 0.2) is 52.4 Å². The van der Waals surface area contributed by atoms with E-state index in [9.17, 15) is 4.79 Å². The molecule has 0 amide bonds. The van der Waals surface area contributed by atoms with Gasteiger partial charge in [-0.2, -0.15) is 0 Å². The van der Waals surface area contributed by atoms with Crippen molar-refractivity contribution in [2.45, 2.75) is 12.9 Å². The largest absolute Gasteiger partial charge is 0.357 e. The zero-order valence-electron chi connectivity index (χ0n) is 15.8. The number of aromatic nitrogens is 1. The lowest BCUT2D eigenvalue weighted by Crippen LogP contribution is -2.51. The Labute approximate surface area is 158 Å². The van der Waals surface area contributed by atoms with Gasteiger partial charge in [-0.1, -0.05) is 30.3 Å². The summed E-state index contributed by atoms with van der Waals surface area (Å²) in [5.41, 5.74) is 2.48. The normalized spacial score (nSPS) is 20.4. The highest BCUT2D eigenvalue weighted by molar-refractivity contribution is 6.03. The Kier molecular flexibility index (Phi) is 4.96. The highest BCUT2D eigenvalue weighted by atomic mass is 16.5. The quantitative estimate of drug-likeness (QED) is 0.886. The molecule has 0 aliphatic carbocycles. The van der Waals surface area contributed by atoms with Gasteiger partial charge in [0.25, 0.3) is 0 Å². The van der Waals surface area contributed by atoms with E-state index >= 15 is 0 Å². The molecule has 0 radical (unpaired) electrons. The molecule has 2 aliphatic rings. The van der Waals surface area contributed by atoms with Crippen LogP contribution in [-0.4, -0.2) is 67.3 Å². The fraction of sp³-hybridized carbons (Fsp3) is 0.400. The summed E-state index contributed by atoms with van der Waals surface area (Å²) in [5.74, 6) is 0.812. The molecule has 7 nitrogen and oxygen atoms in total. The molecule has 1 N–H and O–H groups in total. The highest BCUT2D eigenvalue weighted by Crippen LogP contribution is 2.27. The van der Waals surface area contributed by atoms with Crippen LogP contribution in [0.4, 0.5) is 5.69 Å². The zero-order valence-corrected chi connectivity index (χ0v) is 15.8. The van der Waals surface area contributed by atoms with Crippen LogP contribution < -0.4 is 10.3 Å². The third kappa shape index (κ3) is 3.48. The number of aliphatic imine (C=N–C) groups is 1. The Balaban J connectivity index is 1.74. The van der Waals surface area contributed by atoms with Gasteiger partial charge in [0.1, 0.15) is 11.4 Å². The van der Waals surface area contributed by atoms with Crippen LogP contribution in [0.25, 0.3) is 0 Å². The van der Waals surface area contributed by atoms with Gasteiger partial charge in [-0.15, -0.1) is 0 Å². The van der Waals surface area contributed by atoms with Gasteiger partial charge >= 0.3 is 0 Å². The summed E-state index contributed by atoms with van der Waals surface area (Å²) in [4.78, 5) is 27.4. The molecule has 4 rings (SSSR count). The highest BCUT2D eigenvalue weighted by Gasteiger charge is 2.33. The number of pyridine rings is 1. The second-order valence-electron chi connectivity index (χ2n) is 6.98. The second kappa shape index (κ2) is 7.54. The number of piperazine rings is 1. The summed E-state index contributed by atoms with van der Waals surface area (Å²) in [7, 11) is 3.76. The van der Waals surface area contributed by atoms with E-state index in [4.69, 9.17) is 9.73 Å². The first-order valence-corrected chi connectivity index (χ1v) is 9.24. The van der Waals surface area contributed by atoms with Crippen LogP contribution in [0.1, 0.15) is 11.3 Å². The van der Waals surface area contributed by atoms with E-state index in [2.05, 4.69) is 21.8 Å². The maximum absolute atomic E-state index is 12.8. The van der Waals surface area contributed by atoms with Crippen molar-refractivity contribution in [2.24, 2.45) is 4.99 Å². The Bertz CT molecular complexity index is 871. The van der Waals surface area contributed by atoms with Gasteiger partial charge < -0.3 is 24.4 Å². The van der Waals surface area contributed by atoms with Crippen LogP contribution in [0.5, 0.6) is 0 Å². The summed E-state index contributed by atoms with van der Waals surface area (Å²) in [6, 6.07) is 11.6. The van der Waals surface area contributed by atoms with Gasteiger partial charge in [-0.25, -0.2) is 4.99 Å². The lowest BCUT2D eigenvalue weighted by Gasteiger charge is -2.40. The summed E-state index contributed by atoms with van der Waals surface area (Å²) < 4.78 is 5.68. The molecule has 2 aliphatic heterocycles. The molecule has 1 aromatic heterocycles. The van der Waals surface area contributed by atoms with Crippen molar-refractivity contribution in [1.29, 1.82) is 0 Å². The van der Waals surface area contributed by atoms with Gasteiger partial charge in [0.2, 0.25) is 11.8 Å². The topological polar surface area (TPSA) is 64.2 Å². The first kappa shape index (κ1) is 17.8. The summed E-state index contributed by atoms with van der Waals surface area (Å²) in [6.07, 6.45) is 1.16. The Hall–Kier alpha value is -2.64. The molecule has 1 saturated heterocycles. The maximum Gasteiger partial charge on any atom is 0.230 e. The number of rotatable bonds is 3. The van der Waals surface area contributed by atoms with Gasteiger partial charge in [0, 0.05) is 52.1 Å². The van der Waals surface area contributed by atoms with E-state index in [0.29, 0.717) is 12.2 Å². The lowest BCUT2D eigenvalue weighted by molar-refractivity contribution is 0.101. The van der Waals surface area contributed by atoms with E-state index in [-0.39, 0.29) is 5.43 Å². The third-order valence-corrected chi connectivity index (χ3v) is 5.15. The molecule has 1 atom stereocenters. The molecule has 1 aromatic carbocycles. The van der Waals surface area contributed by atoms with E-state index in [1.165, 1.54) is 0 Å². The van der Waals surface area contributed by atoms with Crippen LogP contribution in [0.3, 0.4) is 0 Å². The van der Waals surface area contributed by atoms with E-state index in [1.54, 1.807) is 19.4 Å². The van der Waals surface area contributed by atoms with E-state index in [1.807, 2.05) is 35.2 Å². The van der Waals surface area contributed by atoms with Crippen LogP contribution in [-0.2, 0) is 11.3 Å². The van der Waals surface area contributed by atoms with Crippen molar-refractivity contribution >= 4 is 11.5 Å². The van der Waals surface area contributed by atoms with Gasteiger partial charge in [-0.05, 0) is 12.6 Å². The van der Waals surface area contributed by atoms with Crippen molar-refractivity contribution in [3.63, 3.8) is 0 Å². The monoisotopic (exact) mass is 367 g/mol. The van der Waals surface area contributed by atoms with Crippen LogP contribution in [0.2, 0.25) is 0 Å². The van der Waals surface area contributed by atoms with Crippen molar-refractivity contribution in [1.82, 2.24) is 14.8 Å². The molecule has 0 bridgehead atoms. The number of amidine groups is 1. The maximum atomic E-state index is 12.8. The van der Waals surface area contributed by atoms with Gasteiger partial charge in [0.15, 0.2) is 5.84 Å². The molecule has 27 heavy (non-hydrogen) atoms. The number of H-pyrrole nitrogens is 1. The fourth-order valence-electron chi connectivity index (χ4n) is 3.65. The number of hydrogen-bond acceptors (Lipinski definition) is 6. The fourth-order valence-corrected chi connectivity index (χ4v) is 3.65. The predicted molar refractivity (Wildman–Crippen MR) is 106 cm³/mol. The second-order valence-corrected chi connectivity index (χ2v) is 6.98. The molecule has 2 aromatic rings. The van der Waals surface area contributed by atoms with Crippen LogP contribution in [0, 0.1) is 0 Å². The lowest BCUT2D eigenvalue weighted by atomic mass is 10.1. The summed E-state index contributed by atoms with van der Waals surface area (Å²) in [5, 5.41) is 0. The number of nitrogens with one attached hydrogen (secondary N) is 1.